The monoisotopic (exact) mass is 248 g/mol. The largest absolute Gasteiger partial charge is 0.461 e. The molecule has 6 heteroatoms. The number of aromatic nitrogens is 3. The third-order valence-corrected chi connectivity index (χ3v) is 3.29. The molecule has 0 aliphatic carbocycles. The SMILES string of the molecule is CC(N)Cc1csc2nc(-c3ccco3)nn12. The van der Waals surface area contributed by atoms with E-state index in [4.69, 9.17) is 10.2 Å². The Hall–Kier alpha value is -1.66. The minimum Gasteiger partial charge on any atom is -0.461 e. The highest BCUT2D eigenvalue weighted by Gasteiger charge is 2.13. The average molecular weight is 248 g/mol. The van der Waals surface area contributed by atoms with Crippen molar-refractivity contribution in [1.82, 2.24) is 14.6 Å². The maximum Gasteiger partial charge on any atom is 0.218 e. The molecule has 5 nitrogen and oxygen atoms in total. The summed E-state index contributed by atoms with van der Waals surface area (Å²) < 4.78 is 7.12. The van der Waals surface area contributed by atoms with Gasteiger partial charge >= 0.3 is 0 Å². The lowest BCUT2D eigenvalue weighted by atomic mass is 10.2. The first kappa shape index (κ1) is 10.5. The minimum absolute atomic E-state index is 0.115. The zero-order valence-corrected chi connectivity index (χ0v) is 10.1. The van der Waals surface area contributed by atoms with Gasteiger partial charge in [0.25, 0.3) is 0 Å². The molecule has 88 valence electrons. The summed E-state index contributed by atoms with van der Waals surface area (Å²) in [6, 6.07) is 3.79. The molecule has 3 aromatic rings. The summed E-state index contributed by atoms with van der Waals surface area (Å²) in [5, 5.41) is 6.48. The normalized spacial score (nSPS) is 13.3. The standard InChI is InChI=1S/C11H12N4OS/c1-7(12)5-8-6-17-11-13-10(14-15(8)11)9-3-2-4-16-9/h2-4,6-7H,5,12H2,1H3. The fourth-order valence-corrected chi connectivity index (χ4v) is 2.54. The van der Waals surface area contributed by atoms with Crippen LogP contribution in [0.1, 0.15) is 12.6 Å². The van der Waals surface area contributed by atoms with E-state index < -0.39 is 0 Å². The van der Waals surface area contributed by atoms with Crippen LogP contribution in [0.2, 0.25) is 0 Å². The lowest BCUT2D eigenvalue weighted by Gasteiger charge is -2.01. The highest BCUT2D eigenvalue weighted by molar-refractivity contribution is 7.15. The Morgan fingerprint density at radius 3 is 3.18 bits per heavy atom. The van der Waals surface area contributed by atoms with Crippen LogP contribution >= 0.6 is 11.3 Å². The maximum absolute atomic E-state index is 5.80. The predicted octanol–water partition coefficient (Wildman–Crippen LogP) is 1.94. The minimum atomic E-state index is 0.115. The number of rotatable bonds is 3. The fraction of sp³-hybridized carbons (Fsp3) is 0.273. The number of hydrogen-bond donors (Lipinski definition) is 1. The highest BCUT2D eigenvalue weighted by atomic mass is 32.1. The van der Waals surface area contributed by atoms with Crippen LogP contribution in [0.4, 0.5) is 0 Å². The molecule has 1 unspecified atom stereocenters. The first-order valence-electron chi connectivity index (χ1n) is 5.36. The van der Waals surface area contributed by atoms with Crippen LogP contribution in [0.25, 0.3) is 16.5 Å². The van der Waals surface area contributed by atoms with Gasteiger partial charge < -0.3 is 10.2 Å². The van der Waals surface area contributed by atoms with Gasteiger partial charge in [-0.15, -0.1) is 16.4 Å². The number of hydrogen-bond acceptors (Lipinski definition) is 5. The van der Waals surface area contributed by atoms with Crippen molar-refractivity contribution in [2.45, 2.75) is 19.4 Å². The van der Waals surface area contributed by atoms with Crippen molar-refractivity contribution in [3.8, 4) is 11.6 Å². The smallest absolute Gasteiger partial charge is 0.218 e. The van der Waals surface area contributed by atoms with Crippen molar-refractivity contribution in [2.24, 2.45) is 5.73 Å². The Bertz CT molecular complexity index is 623. The van der Waals surface area contributed by atoms with Crippen molar-refractivity contribution in [1.29, 1.82) is 0 Å². The first-order valence-corrected chi connectivity index (χ1v) is 6.24. The third kappa shape index (κ3) is 1.85. The molecule has 0 aliphatic heterocycles. The molecule has 0 radical (unpaired) electrons. The van der Waals surface area contributed by atoms with Crippen LogP contribution < -0.4 is 5.73 Å². The van der Waals surface area contributed by atoms with E-state index >= 15 is 0 Å². The van der Waals surface area contributed by atoms with Crippen LogP contribution in [0.3, 0.4) is 0 Å². The van der Waals surface area contributed by atoms with E-state index in [1.807, 2.05) is 29.0 Å². The molecule has 0 saturated carbocycles. The van der Waals surface area contributed by atoms with E-state index in [2.05, 4.69) is 10.1 Å². The molecule has 17 heavy (non-hydrogen) atoms. The molecular formula is C11H12N4OS. The number of furan rings is 1. The van der Waals surface area contributed by atoms with Gasteiger partial charge in [0.1, 0.15) is 0 Å². The van der Waals surface area contributed by atoms with Crippen molar-refractivity contribution >= 4 is 16.3 Å². The molecule has 0 amide bonds. The maximum atomic E-state index is 5.80. The zero-order chi connectivity index (χ0) is 11.8. The van der Waals surface area contributed by atoms with Gasteiger partial charge in [0.15, 0.2) is 5.76 Å². The van der Waals surface area contributed by atoms with Gasteiger partial charge in [-0.2, -0.15) is 4.98 Å². The second kappa shape index (κ2) is 3.97. The van der Waals surface area contributed by atoms with Crippen molar-refractivity contribution in [3.63, 3.8) is 0 Å². The molecule has 3 rings (SSSR count). The lowest BCUT2D eigenvalue weighted by molar-refractivity contribution is 0.577. The molecule has 2 N–H and O–H groups in total. The molecule has 0 bridgehead atoms. The summed E-state index contributed by atoms with van der Waals surface area (Å²) in [6.07, 6.45) is 2.41. The molecule has 0 aliphatic rings. The summed E-state index contributed by atoms with van der Waals surface area (Å²) in [7, 11) is 0. The van der Waals surface area contributed by atoms with Gasteiger partial charge in [0.05, 0.1) is 12.0 Å². The van der Waals surface area contributed by atoms with Gasteiger partial charge in [0, 0.05) is 17.8 Å². The summed E-state index contributed by atoms with van der Waals surface area (Å²) in [4.78, 5) is 5.29. The van der Waals surface area contributed by atoms with Crippen LogP contribution in [0, 0.1) is 0 Å². The van der Waals surface area contributed by atoms with E-state index in [1.54, 1.807) is 17.6 Å². The Balaban J connectivity index is 2.05. The second-order valence-electron chi connectivity index (χ2n) is 4.02. The Morgan fingerprint density at radius 2 is 2.47 bits per heavy atom. The Labute approximate surface area is 102 Å². The molecule has 0 saturated heterocycles. The molecule has 3 heterocycles. The van der Waals surface area contributed by atoms with E-state index in [0.29, 0.717) is 11.6 Å². The summed E-state index contributed by atoms with van der Waals surface area (Å²) in [6.45, 7) is 1.98. The molecular weight excluding hydrogens is 236 g/mol. The summed E-state index contributed by atoms with van der Waals surface area (Å²) >= 11 is 1.57. The highest BCUT2D eigenvalue weighted by Crippen LogP contribution is 2.21. The van der Waals surface area contributed by atoms with Gasteiger partial charge in [-0.1, -0.05) is 0 Å². The molecule has 0 aromatic carbocycles. The molecule has 1 atom stereocenters. The van der Waals surface area contributed by atoms with Crippen LogP contribution in [0.5, 0.6) is 0 Å². The summed E-state index contributed by atoms with van der Waals surface area (Å²) in [5.41, 5.74) is 6.89. The van der Waals surface area contributed by atoms with Gasteiger partial charge in [-0.05, 0) is 19.1 Å². The molecule has 3 aromatic heterocycles. The van der Waals surface area contributed by atoms with E-state index in [0.717, 1.165) is 17.1 Å². The van der Waals surface area contributed by atoms with Gasteiger partial charge in [0.2, 0.25) is 10.8 Å². The Kier molecular flexibility index (Phi) is 2.45. The number of fused-ring (bicyclic) bond motifs is 1. The topological polar surface area (TPSA) is 69.3 Å². The first-order chi connectivity index (χ1) is 8.24. The predicted molar refractivity (Wildman–Crippen MR) is 65.9 cm³/mol. The summed E-state index contributed by atoms with van der Waals surface area (Å²) in [5.74, 6) is 1.31. The quantitative estimate of drug-likeness (QED) is 0.769. The lowest BCUT2D eigenvalue weighted by Crippen LogP contribution is -2.18. The third-order valence-electron chi connectivity index (χ3n) is 2.42. The van der Waals surface area contributed by atoms with E-state index in [9.17, 15) is 0 Å². The van der Waals surface area contributed by atoms with Crippen molar-refractivity contribution < 1.29 is 4.42 Å². The number of thiazole rings is 1. The van der Waals surface area contributed by atoms with Gasteiger partial charge in [-0.3, -0.25) is 0 Å². The second-order valence-corrected chi connectivity index (χ2v) is 4.85. The fourth-order valence-electron chi connectivity index (χ4n) is 1.71. The van der Waals surface area contributed by atoms with E-state index in [-0.39, 0.29) is 6.04 Å². The van der Waals surface area contributed by atoms with Crippen LogP contribution in [-0.4, -0.2) is 20.6 Å². The van der Waals surface area contributed by atoms with Crippen molar-refractivity contribution in [3.05, 3.63) is 29.5 Å². The molecule has 0 fully saturated rings. The number of nitrogens with zero attached hydrogens (tertiary/aromatic N) is 3. The average Bonchev–Trinajstić information content (AvgIpc) is 2.93. The zero-order valence-electron chi connectivity index (χ0n) is 9.33. The van der Waals surface area contributed by atoms with E-state index in [1.165, 1.54) is 0 Å². The Morgan fingerprint density at radius 1 is 1.59 bits per heavy atom. The van der Waals surface area contributed by atoms with Gasteiger partial charge in [-0.25, -0.2) is 4.52 Å². The van der Waals surface area contributed by atoms with Crippen LogP contribution in [0.15, 0.2) is 28.2 Å². The van der Waals surface area contributed by atoms with Crippen molar-refractivity contribution in [2.75, 3.05) is 0 Å². The molecule has 0 spiro atoms. The number of nitrogens with two attached hydrogens (primary N) is 1. The van der Waals surface area contributed by atoms with Crippen LogP contribution in [-0.2, 0) is 6.42 Å².